The molecule has 1 rings (SSSR count). The molecular formula is C16H23NO6. The highest BCUT2D eigenvalue weighted by atomic mass is 16.5. The number of carbonyl (C=O) groups excluding carboxylic acids is 3. The maximum atomic E-state index is 12.1. The number of aromatic amines is 1. The Morgan fingerprint density at radius 2 is 1.57 bits per heavy atom. The Kier molecular flexibility index (Phi) is 7.31. The molecule has 0 atom stereocenters. The van der Waals surface area contributed by atoms with Crippen LogP contribution in [-0.2, 0) is 25.6 Å². The van der Waals surface area contributed by atoms with Gasteiger partial charge in [0, 0.05) is 6.42 Å². The predicted molar refractivity (Wildman–Crippen MR) is 82.1 cm³/mol. The van der Waals surface area contributed by atoms with Crippen LogP contribution in [0.15, 0.2) is 0 Å². The van der Waals surface area contributed by atoms with Crippen molar-refractivity contribution in [2.45, 2.75) is 47.1 Å². The Bertz CT molecular complexity index is 575. The van der Waals surface area contributed by atoms with Gasteiger partial charge in [0.05, 0.1) is 24.5 Å². The number of ether oxygens (including phenoxy) is 3. The number of rotatable bonds is 8. The highest BCUT2D eigenvalue weighted by Crippen LogP contribution is 2.21. The second kappa shape index (κ2) is 8.97. The highest BCUT2D eigenvalue weighted by molar-refractivity contribution is 5.98. The number of aromatic nitrogens is 1. The average molecular weight is 325 g/mol. The molecule has 23 heavy (non-hydrogen) atoms. The van der Waals surface area contributed by atoms with Crippen LogP contribution in [0.3, 0.4) is 0 Å². The Balaban J connectivity index is 3.09. The van der Waals surface area contributed by atoms with Crippen molar-refractivity contribution in [3.8, 4) is 0 Å². The standard InChI is InChI=1S/C16H23NO6/c1-5-8-12(18)23-9-11-13(15(19)21-6-2)10(4)14(17-11)16(20)22-7-3/h17H,5-9H2,1-4H3. The summed E-state index contributed by atoms with van der Waals surface area (Å²) in [4.78, 5) is 38.4. The minimum atomic E-state index is -0.571. The molecule has 128 valence electrons. The van der Waals surface area contributed by atoms with Crippen LogP contribution < -0.4 is 0 Å². The number of nitrogens with one attached hydrogen (secondary N) is 1. The maximum Gasteiger partial charge on any atom is 0.355 e. The summed E-state index contributed by atoms with van der Waals surface area (Å²) in [6.07, 6.45) is 0.959. The monoisotopic (exact) mass is 325 g/mol. The zero-order chi connectivity index (χ0) is 17.4. The van der Waals surface area contributed by atoms with Gasteiger partial charge < -0.3 is 19.2 Å². The highest BCUT2D eigenvalue weighted by Gasteiger charge is 2.26. The molecule has 0 saturated carbocycles. The third kappa shape index (κ3) is 4.84. The second-order valence-corrected chi connectivity index (χ2v) is 4.83. The fraction of sp³-hybridized carbons (Fsp3) is 0.562. The third-order valence-corrected chi connectivity index (χ3v) is 3.12. The zero-order valence-electron chi connectivity index (χ0n) is 14.0. The third-order valence-electron chi connectivity index (χ3n) is 3.12. The van der Waals surface area contributed by atoms with Crippen LogP contribution in [0.1, 0.15) is 65.7 Å². The van der Waals surface area contributed by atoms with Crippen LogP contribution in [0.4, 0.5) is 0 Å². The summed E-state index contributed by atoms with van der Waals surface area (Å²) in [7, 11) is 0. The van der Waals surface area contributed by atoms with E-state index in [2.05, 4.69) is 4.98 Å². The Morgan fingerprint density at radius 3 is 2.13 bits per heavy atom. The maximum absolute atomic E-state index is 12.1. The molecule has 1 N–H and O–H groups in total. The molecule has 1 aromatic heterocycles. The van der Waals surface area contributed by atoms with Crippen LogP contribution in [0.25, 0.3) is 0 Å². The van der Waals surface area contributed by atoms with Gasteiger partial charge in [0.1, 0.15) is 12.3 Å². The number of esters is 3. The molecule has 0 bridgehead atoms. The molecule has 0 aliphatic rings. The van der Waals surface area contributed by atoms with Gasteiger partial charge in [0.25, 0.3) is 0 Å². The Morgan fingerprint density at radius 1 is 0.957 bits per heavy atom. The van der Waals surface area contributed by atoms with Crippen molar-refractivity contribution in [3.05, 3.63) is 22.5 Å². The van der Waals surface area contributed by atoms with Crippen LogP contribution in [0.2, 0.25) is 0 Å². The Hall–Kier alpha value is -2.31. The smallest absolute Gasteiger partial charge is 0.355 e. The summed E-state index contributed by atoms with van der Waals surface area (Å²) in [5.74, 6) is -1.51. The van der Waals surface area contributed by atoms with E-state index in [1.54, 1.807) is 20.8 Å². The summed E-state index contributed by atoms with van der Waals surface area (Å²) >= 11 is 0. The number of carbonyl (C=O) groups is 3. The molecule has 0 amide bonds. The molecule has 0 aromatic carbocycles. The molecule has 0 fully saturated rings. The number of hydrogen-bond acceptors (Lipinski definition) is 6. The lowest BCUT2D eigenvalue weighted by molar-refractivity contribution is -0.145. The van der Waals surface area contributed by atoms with Crippen LogP contribution in [0, 0.1) is 6.92 Å². The molecule has 1 aromatic rings. The summed E-state index contributed by atoms with van der Waals surface area (Å²) in [6, 6.07) is 0. The lowest BCUT2D eigenvalue weighted by Crippen LogP contribution is -2.11. The van der Waals surface area contributed by atoms with E-state index in [9.17, 15) is 14.4 Å². The van der Waals surface area contributed by atoms with Gasteiger partial charge in [-0.15, -0.1) is 0 Å². The molecule has 1 heterocycles. The molecule has 0 aliphatic carbocycles. The Labute approximate surface area is 135 Å². The summed E-state index contributed by atoms with van der Waals surface area (Å²) < 4.78 is 15.1. The van der Waals surface area contributed by atoms with Crippen molar-refractivity contribution in [2.75, 3.05) is 13.2 Å². The second-order valence-electron chi connectivity index (χ2n) is 4.83. The summed E-state index contributed by atoms with van der Waals surface area (Å²) in [6.45, 7) is 7.14. The average Bonchev–Trinajstić information content (AvgIpc) is 2.83. The number of hydrogen-bond donors (Lipinski definition) is 1. The van der Waals surface area contributed by atoms with E-state index >= 15 is 0 Å². The fourth-order valence-electron chi connectivity index (χ4n) is 2.08. The quantitative estimate of drug-likeness (QED) is 0.583. The van der Waals surface area contributed by atoms with Crippen molar-refractivity contribution >= 4 is 17.9 Å². The van der Waals surface area contributed by atoms with Gasteiger partial charge in [-0.2, -0.15) is 0 Å². The van der Waals surface area contributed by atoms with E-state index in [1.807, 2.05) is 6.92 Å². The summed E-state index contributed by atoms with van der Waals surface area (Å²) in [5.41, 5.74) is 1.12. The van der Waals surface area contributed by atoms with Gasteiger partial charge in [-0.1, -0.05) is 6.92 Å². The first-order chi connectivity index (χ1) is 11.0. The van der Waals surface area contributed by atoms with E-state index in [1.165, 1.54) is 0 Å². The van der Waals surface area contributed by atoms with Gasteiger partial charge >= 0.3 is 17.9 Å². The van der Waals surface area contributed by atoms with Crippen LogP contribution in [0.5, 0.6) is 0 Å². The molecule has 7 heteroatoms. The SMILES string of the molecule is CCCC(=O)OCc1[nH]c(C(=O)OCC)c(C)c1C(=O)OCC. The topological polar surface area (TPSA) is 94.7 Å². The van der Waals surface area contributed by atoms with E-state index in [0.717, 1.165) is 0 Å². The zero-order valence-corrected chi connectivity index (χ0v) is 14.0. The van der Waals surface area contributed by atoms with Crippen molar-refractivity contribution in [2.24, 2.45) is 0 Å². The van der Waals surface area contributed by atoms with Crippen molar-refractivity contribution in [1.29, 1.82) is 0 Å². The van der Waals surface area contributed by atoms with Gasteiger partial charge in [-0.25, -0.2) is 9.59 Å². The van der Waals surface area contributed by atoms with Crippen molar-refractivity contribution in [1.82, 2.24) is 4.98 Å². The molecule has 0 unspecified atom stereocenters. The first kappa shape index (κ1) is 18.7. The van der Waals surface area contributed by atoms with Crippen molar-refractivity contribution in [3.63, 3.8) is 0 Å². The minimum absolute atomic E-state index is 0.132. The molecular weight excluding hydrogens is 302 g/mol. The molecule has 0 saturated heterocycles. The molecule has 7 nitrogen and oxygen atoms in total. The number of H-pyrrole nitrogens is 1. The van der Waals surface area contributed by atoms with E-state index < -0.39 is 11.9 Å². The lowest BCUT2D eigenvalue weighted by Gasteiger charge is -2.06. The van der Waals surface area contributed by atoms with Gasteiger partial charge in [-0.3, -0.25) is 4.79 Å². The fourth-order valence-corrected chi connectivity index (χ4v) is 2.08. The van der Waals surface area contributed by atoms with E-state index in [4.69, 9.17) is 14.2 Å². The van der Waals surface area contributed by atoms with Gasteiger partial charge in [0.2, 0.25) is 0 Å². The largest absolute Gasteiger partial charge is 0.462 e. The first-order valence-electron chi connectivity index (χ1n) is 7.67. The normalized spacial score (nSPS) is 10.3. The van der Waals surface area contributed by atoms with Crippen LogP contribution >= 0.6 is 0 Å². The van der Waals surface area contributed by atoms with Crippen LogP contribution in [-0.4, -0.2) is 36.1 Å². The molecule has 0 radical (unpaired) electrons. The summed E-state index contributed by atoms with van der Waals surface area (Å²) in [5, 5.41) is 0. The first-order valence-corrected chi connectivity index (χ1v) is 7.67. The van der Waals surface area contributed by atoms with E-state index in [0.29, 0.717) is 24.1 Å². The van der Waals surface area contributed by atoms with Gasteiger partial charge in [-0.05, 0) is 32.8 Å². The minimum Gasteiger partial charge on any atom is -0.462 e. The molecule has 0 spiro atoms. The van der Waals surface area contributed by atoms with Gasteiger partial charge in [0.15, 0.2) is 0 Å². The lowest BCUT2D eigenvalue weighted by atomic mass is 10.1. The van der Waals surface area contributed by atoms with E-state index in [-0.39, 0.29) is 37.0 Å². The molecule has 0 aliphatic heterocycles. The van der Waals surface area contributed by atoms with Crippen molar-refractivity contribution < 1.29 is 28.6 Å². The predicted octanol–water partition coefficient (Wildman–Crippen LogP) is 2.52.